The average molecular weight is 278 g/mol. The summed E-state index contributed by atoms with van der Waals surface area (Å²) in [6, 6.07) is 3.85. The molecule has 3 rings (SSSR count). The van der Waals surface area contributed by atoms with E-state index in [0.29, 0.717) is 12.2 Å². The molecule has 0 aromatic heterocycles. The zero-order valence-corrected chi connectivity index (χ0v) is 12.1. The first-order valence-electron chi connectivity index (χ1n) is 6.58. The number of hydrogen-bond donors (Lipinski definition) is 0. The van der Waals surface area contributed by atoms with Crippen molar-refractivity contribution in [1.82, 2.24) is 0 Å². The van der Waals surface area contributed by atoms with Gasteiger partial charge in [0.15, 0.2) is 5.78 Å². The SMILES string of the molecule is COc1cc(OC)c2c(c1)C1(CCSCC1)CC2=O. The highest BCUT2D eigenvalue weighted by Gasteiger charge is 2.45. The number of hydrogen-bond acceptors (Lipinski definition) is 4. The lowest BCUT2D eigenvalue weighted by Gasteiger charge is -2.33. The first-order valence-corrected chi connectivity index (χ1v) is 7.73. The Kier molecular flexibility index (Phi) is 3.21. The lowest BCUT2D eigenvalue weighted by atomic mass is 9.76. The van der Waals surface area contributed by atoms with Gasteiger partial charge in [-0.15, -0.1) is 0 Å². The summed E-state index contributed by atoms with van der Waals surface area (Å²) in [4.78, 5) is 12.4. The van der Waals surface area contributed by atoms with E-state index in [4.69, 9.17) is 9.47 Å². The number of benzene rings is 1. The minimum atomic E-state index is 0.0273. The fourth-order valence-electron chi connectivity index (χ4n) is 3.27. The fourth-order valence-corrected chi connectivity index (χ4v) is 4.55. The van der Waals surface area contributed by atoms with Gasteiger partial charge >= 0.3 is 0 Å². The molecule has 3 nitrogen and oxygen atoms in total. The van der Waals surface area contributed by atoms with Crippen LogP contribution < -0.4 is 9.47 Å². The number of fused-ring (bicyclic) bond motifs is 2. The van der Waals surface area contributed by atoms with Crippen molar-refractivity contribution in [2.75, 3.05) is 25.7 Å². The summed E-state index contributed by atoms with van der Waals surface area (Å²) in [6.07, 6.45) is 2.78. The maximum atomic E-state index is 12.4. The molecule has 1 saturated heterocycles. The molecule has 102 valence electrons. The van der Waals surface area contributed by atoms with Crippen molar-refractivity contribution in [1.29, 1.82) is 0 Å². The van der Waals surface area contributed by atoms with Gasteiger partial charge in [0, 0.05) is 17.9 Å². The molecular weight excluding hydrogens is 260 g/mol. The molecule has 0 atom stereocenters. The molecule has 1 aliphatic carbocycles. The van der Waals surface area contributed by atoms with Crippen LogP contribution in [0.2, 0.25) is 0 Å². The number of methoxy groups -OCH3 is 2. The highest BCUT2D eigenvalue weighted by atomic mass is 32.2. The first kappa shape index (κ1) is 12.9. The van der Waals surface area contributed by atoms with Crippen LogP contribution >= 0.6 is 11.8 Å². The van der Waals surface area contributed by atoms with Crippen LogP contribution in [-0.2, 0) is 5.41 Å². The molecule has 1 aromatic rings. The summed E-state index contributed by atoms with van der Waals surface area (Å²) >= 11 is 1.98. The van der Waals surface area contributed by atoms with Gasteiger partial charge in [-0.3, -0.25) is 4.79 Å². The van der Waals surface area contributed by atoms with E-state index in [-0.39, 0.29) is 11.2 Å². The highest BCUT2D eigenvalue weighted by Crippen LogP contribution is 2.51. The van der Waals surface area contributed by atoms with Gasteiger partial charge in [0.25, 0.3) is 0 Å². The Morgan fingerprint density at radius 2 is 1.89 bits per heavy atom. The van der Waals surface area contributed by atoms with E-state index in [1.165, 1.54) is 0 Å². The minimum Gasteiger partial charge on any atom is -0.497 e. The molecule has 1 fully saturated rings. The summed E-state index contributed by atoms with van der Waals surface area (Å²) in [5.74, 6) is 3.93. The van der Waals surface area contributed by atoms with Crippen LogP contribution in [0.4, 0.5) is 0 Å². The zero-order chi connectivity index (χ0) is 13.5. The molecule has 0 unspecified atom stereocenters. The lowest BCUT2D eigenvalue weighted by molar-refractivity contribution is 0.0968. The quantitative estimate of drug-likeness (QED) is 0.833. The lowest BCUT2D eigenvalue weighted by Crippen LogP contribution is -2.28. The number of ether oxygens (including phenoxy) is 2. The van der Waals surface area contributed by atoms with Crippen molar-refractivity contribution >= 4 is 17.5 Å². The van der Waals surface area contributed by atoms with E-state index >= 15 is 0 Å². The van der Waals surface area contributed by atoms with Crippen LogP contribution in [0.5, 0.6) is 11.5 Å². The molecular formula is C15H18O3S. The summed E-state index contributed by atoms with van der Waals surface area (Å²) in [7, 11) is 3.27. The molecule has 2 aliphatic rings. The van der Waals surface area contributed by atoms with Gasteiger partial charge in [-0.1, -0.05) is 0 Å². The van der Waals surface area contributed by atoms with E-state index in [1.807, 2.05) is 23.9 Å². The Labute approximate surface area is 117 Å². The van der Waals surface area contributed by atoms with Gasteiger partial charge < -0.3 is 9.47 Å². The van der Waals surface area contributed by atoms with Crippen molar-refractivity contribution < 1.29 is 14.3 Å². The van der Waals surface area contributed by atoms with Crippen LogP contribution in [0.3, 0.4) is 0 Å². The summed E-state index contributed by atoms with van der Waals surface area (Å²) in [5.41, 5.74) is 1.96. The molecule has 0 N–H and O–H groups in total. The molecule has 0 bridgehead atoms. The molecule has 1 aliphatic heterocycles. The van der Waals surface area contributed by atoms with Crippen LogP contribution in [0.15, 0.2) is 12.1 Å². The third kappa shape index (κ3) is 1.93. The van der Waals surface area contributed by atoms with Crippen molar-refractivity contribution in [2.45, 2.75) is 24.7 Å². The van der Waals surface area contributed by atoms with Crippen LogP contribution in [0, 0.1) is 0 Å². The van der Waals surface area contributed by atoms with E-state index in [9.17, 15) is 4.79 Å². The summed E-state index contributed by atoms with van der Waals surface area (Å²) < 4.78 is 10.8. The van der Waals surface area contributed by atoms with Crippen molar-refractivity contribution in [3.05, 3.63) is 23.3 Å². The second-order valence-corrected chi connectivity index (χ2v) is 6.47. The van der Waals surface area contributed by atoms with Gasteiger partial charge in [-0.2, -0.15) is 11.8 Å². The Bertz CT molecular complexity index is 518. The largest absolute Gasteiger partial charge is 0.497 e. The Balaban J connectivity index is 2.17. The maximum Gasteiger partial charge on any atom is 0.167 e. The number of carbonyl (C=O) groups excluding carboxylic acids is 1. The number of thioether (sulfide) groups is 1. The molecule has 1 aromatic carbocycles. The predicted octanol–water partition coefficient (Wildman–Crippen LogP) is 3.06. The smallest absolute Gasteiger partial charge is 0.167 e. The molecule has 1 spiro atoms. The summed E-state index contributed by atoms with van der Waals surface area (Å²) in [6.45, 7) is 0. The van der Waals surface area contributed by atoms with Crippen LogP contribution in [0.25, 0.3) is 0 Å². The topological polar surface area (TPSA) is 35.5 Å². The van der Waals surface area contributed by atoms with Gasteiger partial charge in [0.05, 0.1) is 19.8 Å². The minimum absolute atomic E-state index is 0.0273. The third-order valence-electron chi connectivity index (χ3n) is 4.33. The molecule has 19 heavy (non-hydrogen) atoms. The summed E-state index contributed by atoms with van der Waals surface area (Å²) in [5, 5.41) is 0. The van der Waals surface area contributed by atoms with Crippen LogP contribution in [0.1, 0.15) is 35.2 Å². The van der Waals surface area contributed by atoms with Crippen molar-refractivity contribution in [2.24, 2.45) is 0 Å². The van der Waals surface area contributed by atoms with Crippen molar-refractivity contribution in [3.8, 4) is 11.5 Å². The number of Topliss-reactive ketones (excluding diaryl/α,β-unsaturated/α-hetero) is 1. The second-order valence-electron chi connectivity index (χ2n) is 5.24. The zero-order valence-electron chi connectivity index (χ0n) is 11.3. The Morgan fingerprint density at radius 1 is 1.16 bits per heavy atom. The highest BCUT2D eigenvalue weighted by molar-refractivity contribution is 7.99. The standard InChI is InChI=1S/C15H18O3S/c1-17-10-7-11-14(13(8-10)18-2)12(16)9-15(11)3-5-19-6-4-15/h7-8H,3-6,9H2,1-2H3. The van der Waals surface area contributed by atoms with E-state index in [0.717, 1.165) is 41.2 Å². The Morgan fingerprint density at radius 3 is 2.53 bits per heavy atom. The first-order chi connectivity index (χ1) is 9.20. The molecule has 0 radical (unpaired) electrons. The number of rotatable bonds is 2. The molecule has 0 amide bonds. The third-order valence-corrected chi connectivity index (χ3v) is 5.32. The van der Waals surface area contributed by atoms with E-state index in [2.05, 4.69) is 0 Å². The normalized spacial score (nSPS) is 20.4. The average Bonchev–Trinajstić information content (AvgIpc) is 2.71. The Hall–Kier alpha value is -1.16. The monoisotopic (exact) mass is 278 g/mol. The molecule has 4 heteroatoms. The molecule has 1 heterocycles. The number of carbonyl (C=O) groups is 1. The van der Waals surface area contributed by atoms with E-state index in [1.54, 1.807) is 14.2 Å². The van der Waals surface area contributed by atoms with Gasteiger partial charge in [0.2, 0.25) is 0 Å². The molecule has 0 saturated carbocycles. The maximum absolute atomic E-state index is 12.4. The predicted molar refractivity (Wildman–Crippen MR) is 76.7 cm³/mol. The van der Waals surface area contributed by atoms with Gasteiger partial charge in [0.1, 0.15) is 11.5 Å². The fraction of sp³-hybridized carbons (Fsp3) is 0.533. The number of ketones is 1. The van der Waals surface area contributed by atoms with Gasteiger partial charge in [-0.05, 0) is 36.0 Å². The van der Waals surface area contributed by atoms with Crippen LogP contribution in [-0.4, -0.2) is 31.5 Å². The van der Waals surface area contributed by atoms with Gasteiger partial charge in [-0.25, -0.2) is 0 Å². The second kappa shape index (κ2) is 4.75. The van der Waals surface area contributed by atoms with E-state index < -0.39 is 0 Å². The van der Waals surface area contributed by atoms with Crippen molar-refractivity contribution in [3.63, 3.8) is 0 Å².